The second kappa shape index (κ2) is 13.1. The topological polar surface area (TPSA) is 140 Å². The molecule has 0 aliphatic carbocycles. The molecular formula is C32H36F2N8O4. The quantitative estimate of drug-likeness (QED) is 0.378. The number of aliphatic hydroxyl groups is 1. The number of likely N-dealkylation sites (tertiary alicyclic amines) is 1. The maximum absolute atomic E-state index is 15.1. The monoisotopic (exact) mass is 634 g/mol. The lowest BCUT2D eigenvalue weighted by molar-refractivity contribution is -0.177. The number of rotatable bonds is 8. The lowest BCUT2D eigenvalue weighted by atomic mass is 9.92. The highest BCUT2D eigenvalue weighted by atomic mass is 19.3. The van der Waals surface area contributed by atoms with Crippen LogP contribution in [0.25, 0.3) is 11.4 Å². The van der Waals surface area contributed by atoms with Gasteiger partial charge in [-0.05, 0) is 49.4 Å². The van der Waals surface area contributed by atoms with Gasteiger partial charge >= 0.3 is 5.92 Å². The van der Waals surface area contributed by atoms with Crippen molar-refractivity contribution < 1.29 is 28.2 Å². The van der Waals surface area contributed by atoms with Crippen LogP contribution in [0.1, 0.15) is 19.4 Å². The number of anilines is 3. The molecule has 242 valence electrons. The zero-order chi connectivity index (χ0) is 32.4. The van der Waals surface area contributed by atoms with Crippen molar-refractivity contribution in [3.8, 4) is 23.2 Å². The van der Waals surface area contributed by atoms with Crippen molar-refractivity contribution in [3.63, 3.8) is 0 Å². The summed E-state index contributed by atoms with van der Waals surface area (Å²) in [7, 11) is 0. The van der Waals surface area contributed by atoms with Gasteiger partial charge in [-0.3, -0.25) is 9.69 Å². The first-order valence-corrected chi connectivity index (χ1v) is 15.3. The number of aliphatic hydroxyl groups excluding tert-OH is 1. The number of nitrogens with one attached hydrogen (secondary N) is 1. The van der Waals surface area contributed by atoms with Gasteiger partial charge in [0.25, 0.3) is 5.91 Å². The van der Waals surface area contributed by atoms with Crippen LogP contribution in [0, 0.1) is 17.2 Å². The van der Waals surface area contributed by atoms with E-state index >= 15 is 8.78 Å². The van der Waals surface area contributed by atoms with Gasteiger partial charge < -0.3 is 29.7 Å². The van der Waals surface area contributed by atoms with E-state index in [0.29, 0.717) is 17.6 Å². The Morgan fingerprint density at radius 2 is 1.89 bits per heavy atom. The van der Waals surface area contributed by atoms with Crippen LogP contribution in [0.2, 0.25) is 0 Å². The highest BCUT2D eigenvalue weighted by molar-refractivity contribution is 5.80. The van der Waals surface area contributed by atoms with Gasteiger partial charge in [0.1, 0.15) is 24.3 Å². The molecule has 4 heterocycles. The summed E-state index contributed by atoms with van der Waals surface area (Å²) in [5, 5.41) is 22.6. The minimum atomic E-state index is -3.40. The largest absolute Gasteiger partial charge is 0.482 e. The number of carbonyl (C=O) groups is 1. The summed E-state index contributed by atoms with van der Waals surface area (Å²) in [5.41, 5.74) is 2.46. The Kier molecular flexibility index (Phi) is 8.99. The van der Waals surface area contributed by atoms with E-state index in [1.165, 1.54) is 25.4 Å². The molecule has 0 bridgehead atoms. The molecule has 1 amide bonds. The SMILES string of the molecule is C[C@H](O)C(=O)N1C[C@H](C)[C@@H](Oc2ccc(-c3ncnc(Nc4ccc(N5CCN(C6COC6)CC5)cc4)n3)cc2C#N)C(F)(F)C1. The summed E-state index contributed by atoms with van der Waals surface area (Å²) in [6.45, 7) is 7.49. The maximum atomic E-state index is 15.1. The van der Waals surface area contributed by atoms with E-state index in [9.17, 15) is 15.2 Å². The lowest BCUT2D eigenvalue weighted by Gasteiger charge is -2.43. The summed E-state index contributed by atoms with van der Waals surface area (Å²) in [5.74, 6) is -4.35. The molecule has 3 fully saturated rings. The van der Waals surface area contributed by atoms with Gasteiger partial charge in [0, 0.05) is 55.6 Å². The van der Waals surface area contributed by atoms with E-state index in [-0.39, 0.29) is 23.7 Å². The van der Waals surface area contributed by atoms with Crippen molar-refractivity contribution in [1.82, 2.24) is 24.8 Å². The van der Waals surface area contributed by atoms with Crippen molar-refractivity contribution >= 4 is 23.2 Å². The number of hydrogen-bond acceptors (Lipinski definition) is 11. The molecule has 1 aromatic heterocycles. The molecule has 46 heavy (non-hydrogen) atoms. The number of nitrogens with zero attached hydrogens (tertiary/aromatic N) is 7. The number of benzene rings is 2. The van der Waals surface area contributed by atoms with Crippen molar-refractivity contribution in [2.45, 2.75) is 38.0 Å². The summed E-state index contributed by atoms with van der Waals surface area (Å²) in [6.07, 6.45) is -1.60. The van der Waals surface area contributed by atoms with Gasteiger partial charge in [0.15, 0.2) is 11.9 Å². The van der Waals surface area contributed by atoms with Gasteiger partial charge in [-0.2, -0.15) is 10.2 Å². The Morgan fingerprint density at radius 3 is 2.52 bits per heavy atom. The van der Waals surface area contributed by atoms with E-state index < -0.39 is 36.5 Å². The molecule has 2 aromatic carbocycles. The van der Waals surface area contributed by atoms with Gasteiger partial charge in [0.05, 0.1) is 31.4 Å². The van der Waals surface area contributed by atoms with Gasteiger partial charge in [-0.25, -0.2) is 18.7 Å². The van der Waals surface area contributed by atoms with Crippen LogP contribution >= 0.6 is 0 Å². The maximum Gasteiger partial charge on any atom is 0.301 e. The van der Waals surface area contributed by atoms with E-state index in [4.69, 9.17) is 9.47 Å². The Morgan fingerprint density at radius 1 is 1.15 bits per heavy atom. The molecule has 12 nitrogen and oxygen atoms in total. The number of amides is 1. The van der Waals surface area contributed by atoms with Crippen LogP contribution in [-0.4, -0.2) is 112 Å². The Balaban J connectivity index is 1.10. The number of piperidine rings is 1. The summed E-state index contributed by atoms with van der Waals surface area (Å²) in [4.78, 5) is 30.9. The number of aromatic nitrogens is 3. The third-order valence-corrected chi connectivity index (χ3v) is 8.64. The second-order valence-electron chi connectivity index (χ2n) is 12.0. The van der Waals surface area contributed by atoms with Crippen molar-refractivity contribution in [3.05, 3.63) is 54.4 Å². The molecule has 2 N–H and O–H groups in total. The summed E-state index contributed by atoms with van der Waals surface area (Å²) >= 11 is 0. The number of halogens is 2. The fourth-order valence-corrected chi connectivity index (χ4v) is 6.06. The van der Waals surface area contributed by atoms with Gasteiger partial charge in [-0.15, -0.1) is 0 Å². The molecule has 14 heteroatoms. The van der Waals surface area contributed by atoms with E-state index in [1.807, 2.05) is 18.2 Å². The van der Waals surface area contributed by atoms with Crippen molar-refractivity contribution in [1.29, 1.82) is 5.26 Å². The summed E-state index contributed by atoms with van der Waals surface area (Å²) in [6, 6.07) is 15.1. The number of nitriles is 1. The molecule has 3 aliphatic rings. The molecule has 3 saturated heterocycles. The highest BCUT2D eigenvalue weighted by Crippen LogP contribution is 2.36. The molecule has 0 unspecified atom stereocenters. The Bertz CT molecular complexity index is 1590. The Hall–Kier alpha value is -4.45. The third-order valence-electron chi connectivity index (χ3n) is 8.64. The normalized spacial score (nSPS) is 22.4. The van der Waals surface area contributed by atoms with Crippen LogP contribution in [-0.2, 0) is 9.53 Å². The fraction of sp³-hybridized carbons (Fsp3) is 0.469. The van der Waals surface area contributed by atoms with Gasteiger partial charge in [0.2, 0.25) is 5.95 Å². The molecule has 0 radical (unpaired) electrons. The van der Waals surface area contributed by atoms with E-state index in [2.05, 4.69) is 42.2 Å². The number of carbonyl (C=O) groups excluding carboxylic acids is 1. The first-order chi connectivity index (χ1) is 22.1. The van der Waals surface area contributed by atoms with Crippen molar-refractivity contribution in [2.75, 3.05) is 62.7 Å². The van der Waals surface area contributed by atoms with Crippen LogP contribution in [0.5, 0.6) is 5.75 Å². The smallest absolute Gasteiger partial charge is 0.301 e. The summed E-state index contributed by atoms with van der Waals surface area (Å²) < 4.78 is 41.3. The van der Waals surface area contributed by atoms with Crippen LogP contribution in [0.15, 0.2) is 48.8 Å². The number of ether oxygens (including phenoxy) is 2. The third kappa shape index (κ3) is 6.72. The average Bonchev–Trinajstić information content (AvgIpc) is 3.02. The predicted molar refractivity (Wildman–Crippen MR) is 165 cm³/mol. The van der Waals surface area contributed by atoms with Gasteiger partial charge in [-0.1, -0.05) is 6.92 Å². The highest BCUT2D eigenvalue weighted by Gasteiger charge is 2.51. The first kappa shape index (κ1) is 31.5. The molecule has 3 aliphatic heterocycles. The zero-order valence-corrected chi connectivity index (χ0v) is 25.6. The minimum absolute atomic E-state index is 0.0101. The fourth-order valence-electron chi connectivity index (χ4n) is 6.06. The molecule has 3 aromatic rings. The minimum Gasteiger partial charge on any atom is -0.482 e. The van der Waals surface area contributed by atoms with Crippen molar-refractivity contribution in [2.24, 2.45) is 5.92 Å². The van der Waals surface area contributed by atoms with Crippen LogP contribution < -0.4 is 15.0 Å². The molecule has 0 saturated carbocycles. The first-order valence-electron chi connectivity index (χ1n) is 15.3. The number of piperazine rings is 1. The van der Waals surface area contributed by atoms with Crippen LogP contribution in [0.4, 0.5) is 26.1 Å². The van der Waals surface area contributed by atoms with Crippen LogP contribution in [0.3, 0.4) is 0 Å². The molecule has 0 spiro atoms. The zero-order valence-electron chi connectivity index (χ0n) is 25.6. The Labute approximate surface area is 265 Å². The number of alkyl halides is 2. The molecule has 6 rings (SSSR count). The average molecular weight is 635 g/mol. The molecule has 3 atom stereocenters. The number of hydrogen-bond donors (Lipinski definition) is 2. The second-order valence-corrected chi connectivity index (χ2v) is 12.0. The predicted octanol–water partition coefficient (Wildman–Crippen LogP) is 2.92. The standard InChI is InChI=1S/C32H36F2N8O4/c1-20-15-42(30(44)21(2)43)18-32(33,34)28(20)46-27-8-3-22(13-23(27)14-35)29-36-19-37-31(39-29)38-24-4-6-25(7-5-24)40-9-11-41(12-10-40)26-16-45-17-26/h3-8,13,19-21,26,28,43H,9-12,15-18H2,1-2H3,(H,36,37,38,39)/t20-,21-,28+/m0/s1. The van der Waals surface area contributed by atoms with E-state index in [0.717, 1.165) is 55.7 Å². The van der Waals surface area contributed by atoms with E-state index in [1.54, 1.807) is 13.0 Å². The lowest BCUT2D eigenvalue weighted by Crippen LogP contribution is -2.60. The molecular weight excluding hydrogens is 598 g/mol.